The average Bonchev–Trinajstić information content (AvgIpc) is 3.33. The van der Waals surface area contributed by atoms with Gasteiger partial charge in [-0.25, -0.2) is 13.2 Å². The molecule has 1 N–H and O–H groups in total. The molecule has 3 aromatic carbocycles. The molecule has 5 rings (SSSR count). The standard InChI is InChI=1S/C33H31F3O5/c1-32(2,3)30(40-5)23-14-18(6-8-20(23)22-15-19(39-4)7-9-25(22)34)17-41-27-16-26(35)21-10-12-33(28(21)29(27)36)13-11-24(33)31(37)38/h6-9,14-16,24,30H,10,12,17H2,1-5H3,(H,37,38)/t24-,30-,33+/m1/s1. The van der Waals surface area contributed by atoms with Crippen LogP contribution in [0, 0.1) is 40.6 Å². The van der Waals surface area contributed by atoms with Crippen LogP contribution in [0.1, 0.15) is 55.5 Å². The largest absolute Gasteiger partial charge is 0.497 e. The zero-order chi connectivity index (χ0) is 29.7. The number of carboxylic acids is 1. The minimum atomic E-state index is -1.25. The fraction of sp³-hybridized carbons (Fsp3) is 0.364. The number of methoxy groups -OCH3 is 2. The van der Waals surface area contributed by atoms with Crippen LogP contribution >= 0.6 is 0 Å². The first kappa shape index (κ1) is 28.6. The summed E-state index contributed by atoms with van der Waals surface area (Å²) in [4.78, 5) is 11.7. The van der Waals surface area contributed by atoms with Gasteiger partial charge < -0.3 is 19.3 Å². The summed E-state index contributed by atoms with van der Waals surface area (Å²) in [7, 11) is 3.09. The molecule has 0 unspecified atom stereocenters. The third-order valence-electron chi connectivity index (χ3n) is 7.96. The van der Waals surface area contributed by atoms with Crippen molar-refractivity contribution >= 4 is 5.97 Å². The number of hydrogen-bond acceptors (Lipinski definition) is 4. The number of halogens is 3. The van der Waals surface area contributed by atoms with Crippen LogP contribution in [0.2, 0.25) is 0 Å². The number of rotatable bonds is 8. The molecule has 0 bridgehead atoms. The molecule has 0 amide bonds. The Bertz CT molecular complexity index is 1600. The molecular formula is C33H31F3O5. The van der Waals surface area contributed by atoms with Gasteiger partial charge >= 0.3 is 5.97 Å². The third kappa shape index (κ3) is 4.82. The van der Waals surface area contributed by atoms with Gasteiger partial charge in [0.15, 0.2) is 11.6 Å². The Kier molecular flexibility index (Phi) is 7.29. The first-order valence-electron chi connectivity index (χ1n) is 13.3. The molecule has 0 aromatic heterocycles. The quantitative estimate of drug-likeness (QED) is 0.299. The second-order valence-electron chi connectivity index (χ2n) is 11.6. The van der Waals surface area contributed by atoms with Gasteiger partial charge in [0.1, 0.15) is 29.9 Å². The van der Waals surface area contributed by atoms with E-state index < -0.39 is 40.9 Å². The van der Waals surface area contributed by atoms with Crippen molar-refractivity contribution < 1.29 is 37.3 Å². The molecule has 5 nitrogen and oxygen atoms in total. The highest BCUT2D eigenvalue weighted by atomic mass is 19.1. The maximum Gasteiger partial charge on any atom is 0.320 e. The molecule has 0 heterocycles. The van der Waals surface area contributed by atoms with E-state index >= 15 is 13.2 Å². The van der Waals surface area contributed by atoms with E-state index in [-0.39, 0.29) is 41.7 Å². The predicted molar refractivity (Wildman–Crippen MR) is 147 cm³/mol. The van der Waals surface area contributed by atoms with E-state index in [1.165, 1.54) is 13.2 Å². The van der Waals surface area contributed by atoms with Crippen molar-refractivity contribution in [3.63, 3.8) is 0 Å². The summed E-state index contributed by atoms with van der Waals surface area (Å²) in [5.74, 6) is 1.45. The lowest BCUT2D eigenvalue weighted by Crippen LogP contribution is -2.42. The van der Waals surface area contributed by atoms with Gasteiger partial charge in [-0.05, 0) is 64.8 Å². The second kappa shape index (κ2) is 10.5. The van der Waals surface area contributed by atoms with Gasteiger partial charge in [0.25, 0.3) is 0 Å². The van der Waals surface area contributed by atoms with E-state index in [0.717, 1.165) is 6.07 Å². The minimum absolute atomic E-state index is 0.0182. The molecule has 1 spiro atoms. The van der Waals surface area contributed by atoms with Gasteiger partial charge in [-0.3, -0.25) is 4.79 Å². The number of hydrogen-bond donors (Lipinski definition) is 1. The van der Waals surface area contributed by atoms with Gasteiger partial charge in [0.05, 0.1) is 18.6 Å². The zero-order valence-electron chi connectivity index (χ0n) is 23.5. The molecule has 8 heteroatoms. The Hall–Kier alpha value is -3.96. The van der Waals surface area contributed by atoms with E-state index in [9.17, 15) is 9.90 Å². The second-order valence-corrected chi connectivity index (χ2v) is 11.6. The maximum atomic E-state index is 15.8. The summed E-state index contributed by atoms with van der Waals surface area (Å²) >= 11 is 0. The molecule has 2 aliphatic rings. The third-order valence-corrected chi connectivity index (χ3v) is 7.96. The van der Waals surface area contributed by atoms with Gasteiger partial charge in [-0.15, -0.1) is 0 Å². The highest BCUT2D eigenvalue weighted by Gasteiger charge is 2.54. The van der Waals surface area contributed by atoms with Gasteiger partial charge in [-0.1, -0.05) is 44.7 Å². The topological polar surface area (TPSA) is 65.0 Å². The molecule has 2 aliphatic carbocycles. The maximum absolute atomic E-state index is 15.8. The first-order valence-corrected chi connectivity index (χ1v) is 13.3. The zero-order valence-corrected chi connectivity index (χ0v) is 23.5. The molecule has 0 saturated carbocycles. The Labute approximate surface area is 237 Å². The number of carbonyl (C=O) groups is 1. The fourth-order valence-corrected chi connectivity index (χ4v) is 6.02. The molecular weight excluding hydrogens is 533 g/mol. The van der Waals surface area contributed by atoms with Gasteiger partial charge in [0.2, 0.25) is 0 Å². The van der Waals surface area contributed by atoms with Crippen LogP contribution in [-0.2, 0) is 28.0 Å². The van der Waals surface area contributed by atoms with Crippen LogP contribution in [0.3, 0.4) is 0 Å². The average molecular weight is 565 g/mol. The van der Waals surface area contributed by atoms with Gasteiger partial charge in [-0.2, -0.15) is 0 Å². The summed E-state index contributed by atoms with van der Waals surface area (Å²) in [6.07, 6.45) is -0.00375. The Morgan fingerprint density at radius 1 is 1.07 bits per heavy atom. The minimum Gasteiger partial charge on any atom is -0.497 e. The van der Waals surface area contributed by atoms with Crippen molar-refractivity contribution in [1.29, 1.82) is 0 Å². The Balaban J connectivity index is 1.52. The van der Waals surface area contributed by atoms with Crippen LogP contribution in [-0.4, -0.2) is 25.3 Å². The lowest BCUT2D eigenvalue weighted by molar-refractivity contribution is -0.141. The molecule has 3 aromatic rings. The van der Waals surface area contributed by atoms with E-state index in [2.05, 4.69) is 11.8 Å². The molecule has 0 aliphatic heterocycles. The molecule has 0 radical (unpaired) electrons. The van der Waals surface area contributed by atoms with Crippen molar-refractivity contribution in [2.45, 2.75) is 51.7 Å². The lowest BCUT2D eigenvalue weighted by atomic mass is 9.65. The van der Waals surface area contributed by atoms with Crippen LogP contribution in [0.4, 0.5) is 13.2 Å². The normalized spacial score (nSPS) is 19.7. The SMILES string of the molecule is COc1ccc(F)c(-c2ccc(COc3cc(F)c4c(c3F)[C@]3(C#C[C@@H]3C(=O)O)CC4)cc2[C@@H](OC)C(C)(C)C)c1. The monoisotopic (exact) mass is 564 g/mol. The summed E-state index contributed by atoms with van der Waals surface area (Å²) in [5, 5.41) is 9.57. The molecule has 214 valence electrons. The smallest absolute Gasteiger partial charge is 0.320 e. The molecule has 0 fully saturated rings. The summed E-state index contributed by atoms with van der Waals surface area (Å²) in [5.41, 5.74) is 0.774. The van der Waals surface area contributed by atoms with Crippen LogP contribution in [0.5, 0.6) is 11.5 Å². The van der Waals surface area contributed by atoms with Crippen LogP contribution in [0.15, 0.2) is 42.5 Å². The van der Waals surface area contributed by atoms with Crippen molar-refractivity contribution in [3.05, 3.63) is 82.2 Å². The van der Waals surface area contributed by atoms with Crippen LogP contribution in [0.25, 0.3) is 11.1 Å². The number of benzene rings is 3. The first-order chi connectivity index (χ1) is 19.4. The molecule has 3 atom stereocenters. The molecule has 0 saturated heterocycles. The number of aliphatic carboxylic acids is 1. The molecule has 41 heavy (non-hydrogen) atoms. The lowest BCUT2D eigenvalue weighted by Gasteiger charge is -2.34. The number of fused-ring (bicyclic) bond motifs is 2. The van der Waals surface area contributed by atoms with E-state index in [1.54, 1.807) is 31.4 Å². The summed E-state index contributed by atoms with van der Waals surface area (Å²) < 4.78 is 62.9. The fourth-order valence-electron chi connectivity index (χ4n) is 6.02. The highest BCUT2D eigenvalue weighted by molar-refractivity contribution is 5.82. The van der Waals surface area contributed by atoms with E-state index in [4.69, 9.17) is 14.2 Å². The van der Waals surface area contributed by atoms with Crippen molar-refractivity contribution in [3.8, 4) is 34.5 Å². The Morgan fingerprint density at radius 3 is 2.44 bits per heavy atom. The summed E-state index contributed by atoms with van der Waals surface area (Å²) in [6, 6.07) is 10.8. The summed E-state index contributed by atoms with van der Waals surface area (Å²) in [6.45, 7) is 5.89. The van der Waals surface area contributed by atoms with E-state index in [0.29, 0.717) is 28.0 Å². The Morgan fingerprint density at radius 2 is 1.83 bits per heavy atom. The van der Waals surface area contributed by atoms with Crippen molar-refractivity contribution in [2.75, 3.05) is 14.2 Å². The number of carboxylic acid groups (broad SMARTS) is 1. The predicted octanol–water partition coefficient (Wildman–Crippen LogP) is 6.99. The van der Waals surface area contributed by atoms with E-state index in [1.807, 2.05) is 26.8 Å². The highest BCUT2D eigenvalue weighted by Crippen LogP contribution is 2.51. The van der Waals surface area contributed by atoms with Crippen molar-refractivity contribution in [1.82, 2.24) is 0 Å². The van der Waals surface area contributed by atoms with Gasteiger partial charge in [0, 0.05) is 24.3 Å². The van der Waals surface area contributed by atoms with Crippen LogP contribution < -0.4 is 9.47 Å². The number of ether oxygens (including phenoxy) is 3. The van der Waals surface area contributed by atoms with Crippen molar-refractivity contribution in [2.24, 2.45) is 11.3 Å².